The Labute approximate surface area is 91.1 Å². The number of aliphatic hydroxyl groups is 1. The highest BCUT2D eigenvalue weighted by molar-refractivity contribution is 7.89. The smallest absolute Gasteiger partial charge is 0.219 e. The van der Waals surface area contributed by atoms with Gasteiger partial charge in [0.15, 0.2) is 0 Å². The molecule has 5 nitrogen and oxygen atoms in total. The van der Waals surface area contributed by atoms with E-state index in [0.717, 1.165) is 0 Å². The first-order valence-corrected chi connectivity index (χ1v) is 6.63. The molecule has 1 aliphatic rings. The zero-order chi connectivity index (χ0) is 11.6. The van der Waals surface area contributed by atoms with E-state index in [1.54, 1.807) is 0 Å². The number of sulfonamides is 1. The summed E-state index contributed by atoms with van der Waals surface area (Å²) in [5.41, 5.74) is 0. The zero-order valence-corrected chi connectivity index (χ0v) is 10.2. The predicted octanol–water partition coefficient (Wildman–Crippen LogP) is -0.194. The molecule has 0 saturated carbocycles. The molecule has 0 bridgehead atoms. The van der Waals surface area contributed by atoms with Crippen molar-refractivity contribution >= 4 is 10.0 Å². The van der Waals surface area contributed by atoms with Gasteiger partial charge in [-0.05, 0) is 20.8 Å². The van der Waals surface area contributed by atoms with Crippen molar-refractivity contribution in [3.8, 4) is 0 Å². The first-order valence-electron chi connectivity index (χ1n) is 5.13. The maximum atomic E-state index is 11.9. The first-order chi connectivity index (χ1) is 6.87. The van der Waals surface area contributed by atoms with Gasteiger partial charge in [-0.1, -0.05) is 0 Å². The highest BCUT2D eigenvalue weighted by Crippen LogP contribution is 2.17. The van der Waals surface area contributed by atoms with Crippen molar-refractivity contribution in [1.82, 2.24) is 4.31 Å². The minimum Gasteiger partial charge on any atom is -0.395 e. The Hall–Kier alpha value is -0.170. The molecular formula is C9H19NO4S. The van der Waals surface area contributed by atoms with Crippen molar-refractivity contribution in [2.24, 2.45) is 0 Å². The molecule has 3 unspecified atom stereocenters. The molecule has 1 rings (SSSR count). The van der Waals surface area contributed by atoms with Gasteiger partial charge in [-0.3, -0.25) is 0 Å². The molecule has 15 heavy (non-hydrogen) atoms. The van der Waals surface area contributed by atoms with Crippen molar-refractivity contribution < 1.29 is 18.3 Å². The molecule has 0 aromatic heterocycles. The van der Waals surface area contributed by atoms with Crippen LogP contribution in [-0.2, 0) is 14.8 Å². The van der Waals surface area contributed by atoms with E-state index in [9.17, 15) is 8.42 Å². The van der Waals surface area contributed by atoms with Crippen LogP contribution in [0.3, 0.4) is 0 Å². The van der Waals surface area contributed by atoms with Gasteiger partial charge in [0.25, 0.3) is 0 Å². The Kier molecular flexibility index (Phi) is 4.11. The van der Waals surface area contributed by atoms with Crippen molar-refractivity contribution in [1.29, 1.82) is 0 Å². The minimum absolute atomic E-state index is 0.0885. The molecule has 90 valence electrons. The highest BCUT2D eigenvalue weighted by atomic mass is 32.2. The minimum atomic E-state index is -3.37. The number of hydrogen-bond acceptors (Lipinski definition) is 4. The van der Waals surface area contributed by atoms with Gasteiger partial charge in [0.1, 0.15) is 0 Å². The number of nitrogens with zero attached hydrogens (tertiary/aromatic N) is 1. The third-order valence-corrected chi connectivity index (χ3v) is 4.70. The quantitative estimate of drug-likeness (QED) is 0.738. The second-order valence-electron chi connectivity index (χ2n) is 4.11. The summed E-state index contributed by atoms with van der Waals surface area (Å²) < 4.78 is 30.7. The van der Waals surface area contributed by atoms with Crippen LogP contribution in [0, 0.1) is 0 Å². The largest absolute Gasteiger partial charge is 0.395 e. The van der Waals surface area contributed by atoms with Gasteiger partial charge in [0, 0.05) is 13.1 Å². The van der Waals surface area contributed by atoms with Gasteiger partial charge in [0.05, 0.1) is 24.1 Å². The number of hydrogen-bond donors (Lipinski definition) is 1. The van der Waals surface area contributed by atoms with Crippen molar-refractivity contribution in [2.45, 2.75) is 38.2 Å². The van der Waals surface area contributed by atoms with E-state index in [-0.39, 0.29) is 18.8 Å². The fraction of sp³-hybridized carbons (Fsp3) is 1.00. The monoisotopic (exact) mass is 237 g/mol. The van der Waals surface area contributed by atoms with Gasteiger partial charge >= 0.3 is 0 Å². The summed E-state index contributed by atoms with van der Waals surface area (Å²) in [5.74, 6) is 0. The van der Waals surface area contributed by atoms with Crippen molar-refractivity contribution in [3.05, 3.63) is 0 Å². The highest BCUT2D eigenvalue weighted by Gasteiger charge is 2.34. The number of aliphatic hydroxyl groups excluding tert-OH is 1. The first kappa shape index (κ1) is 12.9. The number of rotatable bonds is 3. The lowest BCUT2D eigenvalue weighted by Crippen LogP contribution is -2.51. The summed E-state index contributed by atoms with van der Waals surface area (Å²) in [6.45, 7) is 5.61. The zero-order valence-electron chi connectivity index (χ0n) is 9.38. The van der Waals surface area contributed by atoms with Crippen LogP contribution in [0.15, 0.2) is 0 Å². The average molecular weight is 237 g/mol. The molecule has 1 aliphatic heterocycles. The van der Waals surface area contributed by atoms with Crippen LogP contribution in [0.4, 0.5) is 0 Å². The second kappa shape index (κ2) is 4.78. The van der Waals surface area contributed by atoms with Crippen LogP contribution in [-0.4, -0.2) is 55.0 Å². The molecule has 1 N–H and O–H groups in total. The molecule has 1 fully saturated rings. The summed E-state index contributed by atoms with van der Waals surface area (Å²) in [7, 11) is -3.37. The Balaban J connectivity index is 2.79. The Morgan fingerprint density at radius 3 is 2.27 bits per heavy atom. The van der Waals surface area contributed by atoms with Gasteiger partial charge in [-0.25, -0.2) is 8.42 Å². The maximum absolute atomic E-state index is 11.9. The lowest BCUT2D eigenvalue weighted by Gasteiger charge is -2.35. The summed E-state index contributed by atoms with van der Waals surface area (Å²) in [6, 6.07) is 0. The third-order valence-electron chi connectivity index (χ3n) is 2.51. The van der Waals surface area contributed by atoms with E-state index in [1.807, 2.05) is 13.8 Å². The van der Waals surface area contributed by atoms with E-state index in [2.05, 4.69) is 0 Å². The topological polar surface area (TPSA) is 66.8 Å². The Morgan fingerprint density at radius 2 is 1.87 bits per heavy atom. The van der Waals surface area contributed by atoms with Crippen LogP contribution < -0.4 is 0 Å². The fourth-order valence-corrected chi connectivity index (χ4v) is 3.22. The van der Waals surface area contributed by atoms with E-state index in [0.29, 0.717) is 13.1 Å². The molecule has 1 saturated heterocycles. The molecule has 0 aliphatic carbocycles. The molecule has 0 aromatic rings. The summed E-state index contributed by atoms with van der Waals surface area (Å²) in [6.07, 6.45) is -0.177. The van der Waals surface area contributed by atoms with Crippen molar-refractivity contribution in [2.75, 3.05) is 19.7 Å². The summed E-state index contributed by atoms with van der Waals surface area (Å²) in [4.78, 5) is 0. The molecule has 6 heteroatoms. The van der Waals surface area contributed by atoms with Crippen LogP contribution in [0.5, 0.6) is 0 Å². The van der Waals surface area contributed by atoms with E-state index in [4.69, 9.17) is 9.84 Å². The normalized spacial score (nSPS) is 31.5. The summed E-state index contributed by atoms with van der Waals surface area (Å²) >= 11 is 0. The Morgan fingerprint density at radius 1 is 1.40 bits per heavy atom. The Bertz CT molecular complexity index is 293. The number of ether oxygens (including phenoxy) is 1. The van der Waals surface area contributed by atoms with E-state index in [1.165, 1.54) is 11.2 Å². The van der Waals surface area contributed by atoms with E-state index >= 15 is 0 Å². The predicted molar refractivity (Wildman–Crippen MR) is 57.0 cm³/mol. The van der Waals surface area contributed by atoms with Gasteiger partial charge in [-0.2, -0.15) is 4.31 Å². The second-order valence-corrected chi connectivity index (χ2v) is 6.46. The van der Waals surface area contributed by atoms with Crippen LogP contribution >= 0.6 is 0 Å². The average Bonchev–Trinajstić information content (AvgIpc) is 2.15. The molecule has 1 heterocycles. The number of morpholine rings is 1. The fourth-order valence-electron chi connectivity index (χ4n) is 1.69. The molecule has 3 atom stereocenters. The molecule has 0 amide bonds. The SMILES string of the molecule is CC1CN(S(=O)(=O)C(C)CO)CC(C)O1. The molecule has 0 spiro atoms. The van der Waals surface area contributed by atoms with Crippen LogP contribution in [0.1, 0.15) is 20.8 Å². The van der Waals surface area contributed by atoms with Gasteiger partial charge in [-0.15, -0.1) is 0 Å². The van der Waals surface area contributed by atoms with Crippen molar-refractivity contribution in [3.63, 3.8) is 0 Å². The third kappa shape index (κ3) is 2.90. The van der Waals surface area contributed by atoms with Gasteiger partial charge in [0.2, 0.25) is 10.0 Å². The summed E-state index contributed by atoms with van der Waals surface area (Å²) in [5, 5.41) is 8.16. The molecular weight excluding hydrogens is 218 g/mol. The van der Waals surface area contributed by atoms with Crippen LogP contribution in [0.25, 0.3) is 0 Å². The maximum Gasteiger partial charge on any atom is 0.219 e. The molecule has 0 radical (unpaired) electrons. The van der Waals surface area contributed by atoms with E-state index < -0.39 is 15.3 Å². The van der Waals surface area contributed by atoms with Gasteiger partial charge < -0.3 is 9.84 Å². The van der Waals surface area contributed by atoms with Crippen LogP contribution in [0.2, 0.25) is 0 Å². The molecule has 0 aromatic carbocycles. The lowest BCUT2D eigenvalue weighted by atomic mass is 10.3. The standard InChI is InChI=1S/C9H19NO4S/c1-7-4-10(5-8(2)14-7)15(12,13)9(3)6-11/h7-9,11H,4-6H2,1-3H3. The lowest BCUT2D eigenvalue weighted by molar-refractivity contribution is -0.0443.